The molecule has 0 bridgehead atoms. The first-order valence-electron chi connectivity index (χ1n) is 14.3. The molecule has 1 saturated heterocycles. The molecule has 1 amide bonds. The zero-order chi connectivity index (χ0) is 29.8. The zero-order valence-electron chi connectivity index (χ0n) is 23.9. The zero-order valence-corrected chi connectivity index (χ0v) is 24.7. The number of nitrogens with zero attached hydrogens (tertiary/aromatic N) is 3. The number of halogens is 2. The SMILES string of the molecule is CCc1ccc(Cl)c(F)c1C/C=C/N1CCc2c(cccc2N2CCN(C)CC2)C1C(=O)Nc1ccc(C(=O)O)cc1. The number of hydrogen-bond donors (Lipinski definition) is 2. The molecule has 1 fully saturated rings. The normalized spacial score (nSPS) is 17.4. The number of nitrogens with one attached hydrogen (secondary N) is 1. The first-order valence-corrected chi connectivity index (χ1v) is 14.7. The molecule has 42 heavy (non-hydrogen) atoms. The Morgan fingerprint density at radius 2 is 1.79 bits per heavy atom. The molecule has 0 aliphatic carbocycles. The maximum absolute atomic E-state index is 14.9. The highest BCUT2D eigenvalue weighted by molar-refractivity contribution is 6.30. The van der Waals surface area contributed by atoms with Gasteiger partial charge >= 0.3 is 5.97 Å². The number of benzene rings is 3. The van der Waals surface area contributed by atoms with Crippen molar-refractivity contribution in [3.05, 3.63) is 106 Å². The quantitative estimate of drug-likeness (QED) is 0.346. The lowest BCUT2D eigenvalue weighted by Gasteiger charge is -2.40. The van der Waals surface area contributed by atoms with Crippen LogP contribution in [0.4, 0.5) is 15.8 Å². The molecule has 3 aromatic carbocycles. The van der Waals surface area contributed by atoms with Gasteiger partial charge in [-0.1, -0.05) is 42.8 Å². The molecule has 0 saturated carbocycles. The number of amides is 1. The number of rotatable bonds is 8. The molecule has 2 N–H and O–H groups in total. The van der Waals surface area contributed by atoms with Crippen molar-refractivity contribution >= 4 is 34.9 Å². The van der Waals surface area contributed by atoms with E-state index in [0.717, 1.165) is 43.7 Å². The minimum atomic E-state index is -1.02. The molecule has 2 aliphatic heterocycles. The molecule has 0 aromatic heterocycles. The minimum absolute atomic E-state index is 0.102. The first-order chi connectivity index (χ1) is 20.3. The lowest BCUT2D eigenvalue weighted by atomic mass is 9.90. The maximum atomic E-state index is 14.9. The lowest BCUT2D eigenvalue weighted by Crippen LogP contribution is -2.45. The number of carboxylic acid groups (broad SMARTS) is 1. The van der Waals surface area contributed by atoms with Gasteiger partial charge in [-0.15, -0.1) is 0 Å². The van der Waals surface area contributed by atoms with Crippen LogP contribution in [0, 0.1) is 5.82 Å². The molecule has 1 unspecified atom stereocenters. The second kappa shape index (κ2) is 13.0. The first kappa shape index (κ1) is 29.6. The van der Waals surface area contributed by atoms with Crippen LogP contribution >= 0.6 is 11.6 Å². The van der Waals surface area contributed by atoms with Crippen molar-refractivity contribution in [2.45, 2.75) is 32.2 Å². The smallest absolute Gasteiger partial charge is 0.335 e. The summed E-state index contributed by atoms with van der Waals surface area (Å²) in [6.45, 7) is 6.41. The number of likely N-dealkylation sites (N-methyl/N-ethyl adjacent to an activating group) is 1. The number of carbonyl (C=O) groups excluding carboxylic acids is 1. The third-order valence-electron chi connectivity index (χ3n) is 8.22. The molecule has 3 aromatic rings. The van der Waals surface area contributed by atoms with Gasteiger partial charge in [0.05, 0.1) is 10.6 Å². The Morgan fingerprint density at radius 1 is 1.05 bits per heavy atom. The van der Waals surface area contributed by atoms with Gasteiger partial charge in [-0.25, -0.2) is 9.18 Å². The van der Waals surface area contributed by atoms with E-state index in [-0.39, 0.29) is 16.5 Å². The van der Waals surface area contributed by atoms with E-state index in [1.165, 1.54) is 23.4 Å². The summed E-state index contributed by atoms with van der Waals surface area (Å²) < 4.78 is 14.9. The van der Waals surface area contributed by atoms with Crippen molar-refractivity contribution in [3.63, 3.8) is 0 Å². The summed E-state index contributed by atoms with van der Waals surface area (Å²) in [4.78, 5) is 31.9. The molecule has 0 radical (unpaired) electrons. The van der Waals surface area contributed by atoms with Crippen LogP contribution in [0.3, 0.4) is 0 Å². The van der Waals surface area contributed by atoms with Gasteiger partial charge in [0.2, 0.25) is 0 Å². The van der Waals surface area contributed by atoms with Gasteiger partial charge in [0.15, 0.2) is 0 Å². The van der Waals surface area contributed by atoms with E-state index in [1.54, 1.807) is 18.2 Å². The number of hydrogen-bond acceptors (Lipinski definition) is 5. The Labute approximate surface area is 251 Å². The molecule has 5 rings (SSSR count). The van der Waals surface area contributed by atoms with Crippen LogP contribution in [-0.2, 0) is 24.1 Å². The summed E-state index contributed by atoms with van der Waals surface area (Å²) in [5, 5.41) is 12.3. The van der Waals surface area contributed by atoms with Crippen LogP contribution in [-0.4, -0.2) is 66.6 Å². The summed E-state index contributed by atoms with van der Waals surface area (Å²) >= 11 is 6.08. The molecular formula is C33H36ClFN4O3. The van der Waals surface area contributed by atoms with Gasteiger partial charge in [-0.3, -0.25) is 4.79 Å². The Morgan fingerprint density at radius 3 is 2.48 bits per heavy atom. The Hall–Kier alpha value is -3.88. The van der Waals surface area contributed by atoms with Gasteiger partial charge in [-0.2, -0.15) is 0 Å². The van der Waals surface area contributed by atoms with E-state index >= 15 is 0 Å². The number of piperazine rings is 1. The van der Waals surface area contributed by atoms with Crippen LogP contribution in [0.25, 0.3) is 0 Å². The highest BCUT2D eigenvalue weighted by Crippen LogP contribution is 2.37. The Kier molecular flexibility index (Phi) is 9.14. The van der Waals surface area contributed by atoms with E-state index in [2.05, 4.69) is 28.2 Å². The van der Waals surface area contributed by atoms with Crippen molar-refractivity contribution < 1.29 is 19.1 Å². The summed E-state index contributed by atoms with van der Waals surface area (Å²) in [5.74, 6) is -1.65. The van der Waals surface area contributed by atoms with Crippen LogP contribution in [0.15, 0.2) is 66.9 Å². The third-order valence-corrected chi connectivity index (χ3v) is 8.51. The molecule has 9 heteroatoms. The fourth-order valence-electron chi connectivity index (χ4n) is 5.86. The predicted octanol–water partition coefficient (Wildman–Crippen LogP) is 5.79. The van der Waals surface area contributed by atoms with Gasteiger partial charge in [0, 0.05) is 44.1 Å². The lowest BCUT2D eigenvalue weighted by molar-refractivity contribution is -0.120. The number of anilines is 2. The Balaban J connectivity index is 1.46. The minimum Gasteiger partial charge on any atom is -0.478 e. The molecule has 2 heterocycles. The summed E-state index contributed by atoms with van der Waals surface area (Å²) in [7, 11) is 2.13. The average Bonchev–Trinajstić information content (AvgIpc) is 2.99. The highest BCUT2D eigenvalue weighted by atomic mass is 35.5. The second-order valence-electron chi connectivity index (χ2n) is 10.8. The van der Waals surface area contributed by atoms with Crippen LogP contribution in [0.2, 0.25) is 5.02 Å². The van der Waals surface area contributed by atoms with Crippen molar-refractivity contribution in [2.24, 2.45) is 0 Å². The van der Waals surface area contributed by atoms with E-state index in [1.807, 2.05) is 42.3 Å². The van der Waals surface area contributed by atoms with Crippen LogP contribution < -0.4 is 10.2 Å². The maximum Gasteiger partial charge on any atom is 0.335 e. The van der Waals surface area contributed by atoms with Crippen molar-refractivity contribution in [1.29, 1.82) is 0 Å². The Bertz CT molecular complexity index is 1490. The third kappa shape index (κ3) is 6.30. The summed E-state index contributed by atoms with van der Waals surface area (Å²) in [6, 6.07) is 15.1. The molecule has 1 atom stereocenters. The van der Waals surface area contributed by atoms with Gasteiger partial charge < -0.3 is 25.1 Å². The summed E-state index contributed by atoms with van der Waals surface area (Å²) in [5.41, 5.74) is 5.41. The monoisotopic (exact) mass is 590 g/mol. The summed E-state index contributed by atoms with van der Waals surface area (Å²) in [6.07, 6.45) is 5.60. The van der Waals surface area contributed by atoms with Crippen LogP contribution in [0.1, 0.15) is 45.6 Å². The molecule has 7 nitrogen and oxygen atoms in total. The van der Waals surface area contributed by atoms with E-state index in [0.29, 0.717) is 30.6 Å². The van der Waals surface area contributed by atoms with E-state index in [9.17, 15) is 19.1 Å². The number of fused-ring (bicyclic) bond motifs is 1. The number of aromatic carboxylic acids is 1. The molecule has 220 valence electrons. The number of aryl methyl sites for hydroxylation is 1. The fourth-order valence-corrected chi connectivity index (χ4v) is 6.04. The fraction of sp³-hybridized carbons (Fsp3) is 0.333. The van der Waals surface area contributed by atoms with E-state index in [4.69, 9.17) is 11.6 Å². The van der Waals surface area contributed by atoms with Gasteiger partial charge in [0.1, 0.15) is 11.9 Å². The standard InChI is InChI=1S/C33H36ClFN4O3/c1-3-22-11-14-28(34)30(35)25(22)7-5-16-39-17-15-26-27(6-4-8-29(26)38-20-18-37(2)19-21-38)31(39)32(40)36-24-12-9-23(10-13-24)33(41)42/h4-6,8-14,16,31H,3,7,15,17-21H2,1-2H3,(H,36,40)(H,41,42)/b16-5+. The topological polar surface area (TPSA) is 76.1 Å². The molecule has 2 aliphatic rings. The number of carbonyl (C=O) groups is 2. The van der Waals surface area contributed by atoms with E-state index < -0.39 is 17.8 Å². The second-order valence-corrected chi connectivity index (χ2v) is 11.2. The van der Waals surface area contributed by atoms with Crippen molar-refractivity contribution in [1.82, 2.24) is 9.80 Å². The van der Waals surface area contributed by atoms with Crippen molar-refractivity contribution in [3.8, 4) is 0 Å². The predicted molar refractivity (Wildman–Crippen MR) is 165 cm³/mol. The van der Waals surface area contributed by atoms with Gasteiger partial charge in [0.25, 0.3) is 5.91 Å². The average molecular weight is 591 g/mol. The number of carboxylic acids is 1. The molecular weight excluding hydrogens is 555 g/mol. The largest absolute Gasteiger partial charge is 0.478 e. The van der Waals surface area contributed by atoms with Gasteiger partial charge in [-0.05, 0) is 91.2 Å². The van der Waals surface area contributed by atoms with Crippen LogP contribution in [0.5, 0.6) is 0 Å². The highest BCUT2D eigenvalue weighted by Gasteiger charge is 2.34. The molecule has 0 spiro atoms. The number of allylic oxidation sites excluding steroid dienone is 1. The van der Waals surface area contributed by atoms with Crippen molar-refractivity contribution in [2.75, 3.05) is 50.0 Å².